The van der Waals surface area contributed by atoms with Crippen LogP contribution in [-0.2, 0) is 6.42 Å². The minimum atomic E-state index is -0.394. The minimum absolute atomic E-state index is 0.186. The third-order valence-corrected chi connectivity index (χ3v) is 3.25. The Labute approximate surface area is 110 Å². The molecular formula is C13H18BrF2N. The van der Waals surface area contributed by atoms with Crippen LogP contribution in [-0.4, -0.2) is 13.1 Å². The second kappa shape index (κ2) is 7.77. The van der Waals surface area contributed by atoms with Crippen molar-refractivity contribution in [1.29, 1.82) is 0 Å². The van der Waals surface area contributed by atoms with E-state index in [1.54, 1.807) is 0 Å². The average Bonchev–Trinajstić information content (AvgIpc) is 2.30. The molecule has 0 atom stereocenters. The molecule has 0 aliphatic rings. The van der Waals surface area contributed by atoms with Crippen LogP contribution >= 0.6 is 15.9 Å². The number of rotatable bonds is 7. The van der Waals surface area contributed by atoms with Gasteiger partial charge in [0.15, 0.2) is 0 Å². The van der Waals surface area contributed by atoms with E-state index in [2.05, 4.69) is 28.2 Å². The second-order valence-corrected chi connectivity index (χ2v) is 4.88. The first-order chi connectivity index (χ1) is 8.15. The van der Waals surface area contributed by atoms with Crippen LogP contribution in [0.4, 0.5) is 8.78 Å². The van der Waals surface area contributed by atoms with Crippen LogP contribution in [0.1, 0.15) is 31.7 Å². The van der Waals surface area contributed by atoms with E-state index in [9.17, 15) is 8.78 Å². The Hall–Kier alpha value is -0.480. The van der Waals surface area contributed by atoms with Gasteiger partial charge in [0.25, 0.3) is 0 Å². The zero-order valence-corrected chi connectivity index (χ0v) is 11.6. The zero-order chi connectivity index (χ0) is 12.7. The smallest absolute Gasteiger partial charge is 0.137 e. The fourth-order valence-corrected chi connectivity index (χ4v) is 1.99. The minimum Gasteiger partial charge on any atom is -0.317 e. The van der Waals surface area contributed by atoms with Gasteiger partial charge in [-0.25, -0.2) is 8.78 Å². The number of benzene rings is 1. The highest BCUT2D eigenvalue weighted by Crippen LogP contribution is 2.21. The largest absolute Gasteiger partial charge is 0.317 e. The Balaban J connectivity index is 2.34. The van der Waals surface area contributed by atoms with E-state index in [4.69, 9.17) is 0 Å². The van der Waals surface area contributed by atoms with Crippen molar-refractivity contribution in [3.63, 3.8) is 0 Å². The number of hydrogen-bond acceptors (Lipinski definition) is 1. The van der Waals surface area contributed by atoms with E-state index in [1.165, 1.54) is 12.1 Å². The lowest BCUT2D eigenvalue weighted by molar-refractivity contribution is 0.566. The maximum atomic E-state index is 13.5. The number of nitrogens with one attached hydrogen (secondary N) is 1. The lowest BCUT2D eigenvalue weighted by Crippen LogP contribution is -2.13. The molecule has 1 aromatic rings. The number of hydrogen-bond donors (Lipinski definition) is 1. The molecule has 1 rings (SSSR count). The first kappa shape index (κ1) is 14.6. The Kier molecular flexibility index (Phi) is 6.66. The molecule has 0 amide bonds. The molecule has 0 bridgehead atoms. The number of aryl methyl sites for hydroxylation is 1. The molecule has 0 saturated carbocycles. The topological polar surface area (TPSA) is 12.0 Å². The van der Waals surface area contributed by atoms with Crippen LogP contribution in [0.2, 0.25) is 0 Å². The molecule has 1 aromatic carbocycles. The molecule has 1 nitrogen and oxygen atoms in total. The normalized spacial score (nSPS) is 10.8. The van der Waals surface area contributed by atoms with Gasteiger partial charge in [-0.05, 0) is 66.0 Å². The standard InChI is InChI=1S/C13H18BrF2N/c1-2-17-7-5-3-4-6-10-8-13(16)11(14)9-12(10)15/h8-9,17H,2-7H2,1H3. The Morgan fingerprint density at radius 2 is 1.88 bits per heavy atom. The predicted octanol–water partition coefficient (Wildman–Crippen LogP) is 4.05. The molecule has 0 unspecified atom stereocenters. The van der Waals surface area contributed by atoms with E-state index in [1.807, 2.05) is 0 Å². The van der Waals surface area contributed by atoms with Crippen molar-refractivity contribution in [2.45, 2.75) is 32.6 Å². The van der Waals surface area contributed by atoms with Crippen molar-refractivity contribution in [1.82, 2.24) is 5.32 Å². The van der Waals surface area contributed by atoms with Gasteiger partial charge in [-0.2, -0.15) is 0 Å². The molecule has 0 heterocycles. The average molecular weight is 306 g/mol. The third kappa shape index (κ3) is 5.13. The molecule has 0 saturated heterocycles. The van der Waals surface area contributed by atoms with Gasteiger partial charge in [0.05, 0.1) is 4.47 Å². The van der Waals surface area contributed by atoms with Crippen LogP contribution in [0.3, 0.4) is 0 Å². The summed E-state index contributed by atoms with van der Waals surface area (Å²) in [5.74, 6) is -0.723. The summed E-state index contributed by atoms with van der Waals surface area (Å²) in [6, 6.07) is 2.48. The summed E-state index contributed by atoms with van der Waals surface area (Å²) in [6.45, 7) is 4.04. The lowest BCUT2D eigenvalue weighted by Gasteiger charge is -2.05. The van der Waals surface area contributed by atoms with Gasteiger partial charge in [0.1, 0.15) is 11.6 Å². The molecule has 1 N–H and O–H groups in total. The fraction of sp³-hybridized carbons (Fsp3) is 0.538. The van der Waals surface area contributed by atoms with Crippen LogP contribution in [0, 0.1) is 11.6 Å². The number of unbranched alkanes of at least 4 members (excludes halogenated alkanes) is 2. The highest BCUT2D eigenvalue weighted by Gasteiger charge is 2.07. The van der Waals surface area contributed by atoms with Crippen LogP contribution in [0.15, 0.2) is 16.6 Å². The second-order valence-electron chi connectivity index (χ2n) is 4.02. The summed E-state index contributed by atoms with van der Waals surface area (Å²) in [5.41, 5.74) is 0.467. The van der Waals surface area contributed by atoms with E-state index in [0.717, 1.165) is 32.4 Å². The van der Waals surface area contributed by atoms with Gasteiger partial charge in [0.2, 0.25) is 0 Å². The molecule has 0 fully saturated rings. The van der Waals surface area contributed by atoms with Crippen molar-refractivity contribution in [2.75, 3.05) is 13.1 Å². The summed E-state index contributed by atoms with van der Waals surface area (Å²) in [4.78, 5) is 0. The SMILES string of the molecule is CCNCCCCCc1cc(F)c(Br)cc1F. The highest BCUT2D eigenvalue weighted by atomic mass is 79.9. The van der Waals surface area contributed by atoms with E-state index in [0.29, 0.717) is 12.0 Å². The van der Waals surface area contributed by atoms with Crippen molar-refractivity contribution in [2.24, 2.45) is 0 Å². The monoisotopic (exact) mass is 305 g/mol. The molecule has 96 valence electrons. The first-order valence-electron chi connectivity index (χ1n) is 5.99. The Bertz CT molecular complexity index is 356. The lowest BCUT2D eigenvalue weighted by atomic mass is 10.1. The van der Waals surface area contributed by atoms with Gasteiger partial charge in [-0.3, -0.25) is 0 Å². The van der Waals surface area contributed by atoms with Crippen molar-refractivity contribution < 1.29 is 8.78 Å². The van der Waals surface area contributed by atoms with Crippen LogP contribution in [0.5, 0.6) is 0 Å². The van der Waals surface area contributed by atoms with Gasteiger partial charge in [-0.1, -0.05) is 13.3 Å². The van der Waals surface area contributed by atoms with Crippen molar-refractivity contribution in [3.05, 3.63) is 33.8 Å². The zero-order valence-electron chi connectivity index (χ0n) is 10.0. The van der Waals surface area contributed by atoms with E-state index < -0.39 is 5.82 Å². The molecule has 4 heteroatoms. The summed E-state index contributed by atoms with van der Waals surface area (Å²) >= 11 is 2.97. The third-order valence-electron chi connectivity index (χ3n) is 2.64. The molecule has 0 aliphatic heterocycles. The van der Waals surface area contributed by atoms with Crippen molar-refractivity contribution >= 4 is 15.9 Å². The molecule has 0 aromatic heterocycles. The fourth-order valence-electron chi connectivity index (χ4n) is 1.67. The molecule has 0 radical (unpaired) electrons. The van der Waals surface area contributed by atoms with Gasteiger partial charge in [-0.15, -0.1) is 0 Å². The molecular weight excluding hydrogens is 288 g/mol. The summed E-state index contributed by atoms with van der Waals surface area (Å²) in [5, 5.41) is 3.23. The maximum Gasteiger partial charge on any atom is 0.137 e. The summed E-state index contributed by atoms with van der Waals surface area (Å²) in [6.07, 6.45) is 3.60. The first-order valence-corrected chi connectivity index (χ1v) is 6.78. The number of halogens is 3. The van der Waals surface area contributed by atoms with Crippen LogP contribution in [0.25, 0.3) is 0 Å². The van der Waals surface area contributed by atoms with Gasteiger partial charge in [0, 0.05) is 0 Å². The molecule has 0 spiro atoms. The van der Waals surface area contributed by atoms with E-state index >= 15 is 0 Å². The van der Waals surface area contributed by atoms with Gasteiger partial charge >= 0.3 is 0 Å². The Morgan fingerprint density at radius 1 is 1.12 bits per heavy atom. The summed E-state index contributed by atoms with van der Waals surface area (Å²) < 4.78 is 26.8. The molecule has 0 aliphatic carbocycles. The maximum absolute atomic E-state index is 13.5. The van der Waals surface area contributed by atoms with E-state index in [-0.39, 0.29) is 10.3 Å². The van der Waals surface area contributed by atoms with Gasteiger partial charge < -0.3 is 5.32 Å². The van der Waals surface area contributed by atoms with Crippen LogP contribution < -0.4 is 5.32 Å². The van der Waals surface area contributed by atoms with Crippen molar-refractivity contribution in [3.8, 4) is 0 Å². The summed E-state index contributed by atoms with van der Waals surface area (Å²) in [7, 11) is 0. The quantitative estimate of drug-likeness (QED) is 0.592. The Morgan fingerprint density at radius 3 is 2.59 bits per heavy atom. The molecule has 17 heavy (non-hydrogen) atoms. The highest BCUT2D eigenvalue weighted by molar-refractivity contribution is 9.10. The predicted molar refractivity (Wildman–Crippen MR) is 70.2 cm³/mol.